The van der Waals surface area contributed by atoms with E-state index in [-0.39, 0.29) is 12.6 Å². The highest BCUT2D eigenvalue weighted by Gasteiger charge is 2.33. The summed E-state index contributed by atoms with van der Waals surface area (Å²) in [6.07, 6.45) is 0. The lowest BCUT2D eigenvalue weighted by atomic mass is 10.1. The van der Waals surface area contributed by atoms with E-state index in [9.17, 15) is 9.90 Å². The van der Waals surface area contributed by atoms with Gasteiger partial charge in [0.2, 0.25) is 0 Å². The van der Waals surface area contributed by atoms with Crippen LogP contribution in [0.25, 0.3) is 0 Å². The van der Waals surface area contributed by atoms with E-state index in [2.05, 4.69) is 0 Å². The van der Waals surface area contributed by atoms with E-state index >= 15 is 0 Å². The number of hydrogen-bond donors (Lipinski definition) is 1. The van der Waals surface area contributed by atoms with Gasteiger partial charge >= 0.3 is 5.97 Å². The van der Waals surface area contributed by atoms with Crippen molar-refractivity contribution >= 4 is 5.97 Å². The lowest BCUT2D eigenvalue weighted by Gasteiger charge is -2.38. The molecule has 5 nitrogen and oxygen atoms in total. The standard InChI is InChI=1S/C15H21NO4/c1-3-20-13-6-4-12(5-7-13)8-16-11(2)9-19-10-14(16)15(17)18/h4-7,11,14H,3,8-10H2,1-2H3,(H,17,18)/t11-,14-/m0/s1. The van der Waals surface area contributed by atoms with Crippen LogP contribution in [0.4, 0.5) is 0 Å². The second-order valence-electron chi connectivity index (χ2n) is 4.99. The van der Waals surface area contributed by atoms with Gasteiger partial charge in [-0.2, -0.15) is 0 Å². The largest absolute Gasteiger partial charge is 0.494 e. The fourth-order valence-electron chi connectivity index (χ4n) is 2.40. The molecule has 0 aliphatic carbocycles. The van der Waals surface area contributed by atoms with Crippen LogP contribution in [0.3, 0.4) is 0 Å². The van der Waals surface area contributed by atoms with E-state index in [1.54, 1.807) is 0 Å². The predicted octanol–water partition coefficient (Wildman–Crippen LogP) is 1.76. The van der Waals surface area contributed by atoms with Gasteiger partial charge in [-0.25, -0.2) is 0 Å². The van der Waals surface area contributed by atoms with Gasteiger partial charge in [-0.05, 0) is 31.5 Å². The summed E-state index contributed by atoms with van der Waals surface area (Å²) in [4.78, 5) is 13.3. The summed E-state index contributed by atoms with van der Waals surface area (Å²) in [7, 11) is 0. The third-order valence-electron chi connectivity index (χ3n) is 3.49. The molecule has 0 bridgehead atoms. The highest BCUT2D eigenvalue weighted by molar-refractivity contribution is 5.73. The molecule has 2 atom stereocenters. The summed E-state index contributed by atoms with van der Waals surface area (Å²) < 4.78 is 10.7. The zero-order chi connectivity index (χ0) is 14.5. The van der Waals surface area contributed by atoms with Crippen LogP contribution in [0, 0.1) is 0 Å². The van der Waals surface area contributed by atoms with E-state index in [0.29, 0.717) is 19.8 Å². The molecule has 1 aromatic carbocycles. The quantitative estimate of drug-likeness (QED) is 0.890. The predicted molar refractivity (Wildman–Crippen MR) is 74.9 cm³/mol. The summed E-state index contributed by atoms with van der Waals surface area (Å²) in [6.45, 7) is 6.00. The topological polar surface area (TPSA) is 59.0 Å². The molecule has 1 aliphatic rings. The van der Waals surface area contributed by atoms with Gasteiger partial charge in [0.1, 0.15) is 11.8 Å². The van der Waals surface area contributed by atoms with Crippen LogP contribution in [0.1, 0.15) is 19.4 Å². The Kier molecular flexibility index (Phi) is 4.98. The average molecular weight is 279 g/mol. The number of carboxylic acid groups (broad SMARTS) is 1. The van der Waals surface area contributed by atoms with Crippen LogP contribution in [-0.4, -0.2) is 47.9 Å². The molecule has 1 saturated heterocycles. The van der Waals surface area contributed by atoms with E-state index in [1.165, 1.54) is 0 Å². The van der Waals surface area contributed by atoms with Crippen LogP contribution in [0.15, 0.2) is 24.3 Å². The maximum Gasteiger partial charge on any atom is 0.323 e. The van der Waals surface area contributed by atoms with Crippen LogP contribution >= 0.6 is 0 Å². The van der Waals surface area contributed by atoms with Crippen molar-refractivity contribution in [1.82, 2.24) is 4.90 Å². The molecule has 0 saturated carbocycles. The van der Waals surface area contributed by atoms with Gasteiger partial charge in [0.05, 0.1) is 19.8 Å². The Morgan fingerprint density at radius 1 is 1.40 bits per heavy atom. The van der Waals surface area contributed by atoms with Crippen molar-refractivity contribution < 1.29 is 19.4 Å². The Morgan fingerprint density at radius 3 is 2.70 bits per heavy atom. The van der Waals surface area contributed by atoms with Crippen molar-refractivity contribution in [3.05, 3.63) is 29.8 Å². The number of rotatable bonds is 5. The molecule has 0 amide bonds. The molecule has 2 rings (SSSR count). The fraction of sp³-hybridized carbons (Fsp3) is 0.533. The summed E-state index contributed by atoms with van der Waals surface area (Å²) in [5, 5.41) is 9.28. The first-order chi connectivity index (χ1) is 9.61. The molecule has 0 spiro atoms. The monoisotopic (exact) mass is 279 g/mol. The van der Waals surface area contributed by atoms with Gasteiger partial charge in [-0.3, -0.25) is 9.69 Å². The maximum atomic E-state index is 11.3. The number of hydrogen-bond acceptors (Lipinski definition) is 4. The molecule has 5 heteroatoms. The molecule has 1 aromatic rings. The van der Waals surface area contributed by atoms with Gasteiger partial charge in [0, 0.05) is 12.6 Å². The third kappa shape index (κ3) is 3.49. The Hall–Kier alpha value is -1.59. The molecule has 110 valence electrons. The van der Waals surface area contributed by atoms with Crippen molar-refractivity contribution in [3.8, 4) is 5.75 Å². The second-order valence-corrected chi connectivity index (χ2v) is 4.99. The number of ether oxygens (including phenoxy) is 2. The lowest BCUT2D eigenvalue weighted by molar-refractivity contribution is -0.153. The highest BCUT2D eigenvalue weighted by Crippen LogP contribution is 2.19. The first kappa shape index (κ1) is 14.8. The minimum absolute atomic E-state index is 0.0939. The van der Waals surface area contributed by atoms with Gasteiger partial charge in [-0.15, -0.1) is 0 Å². The summed E-state index contributed by atoms with van der Waals surface area (Å²) in [5.74, 6) is 0.00328. The normalized spacial score (nSPS) is 23.5. The Bertz CT molecular complexity index is 446. The van der Waals surface area contributed by atoms with Crippen LogP contribution < -0.4 is 4.74 Å². The number of carbonyl (C=O) groups is 1. The molecule has 1 aliphatic heterocycles. The number of nitrogens with zero attached hydrogens (tertiary/aromatic N) is 1. The van der Waals surface area contributed by atoms with Crippen LogP contribution in [-0.2, 0) is 16.1 Å². The zero-order valence-corrected chi connectivity index (χ0v) is 11.9. The fourth-order valence-corrected chi connectivity index (χ4v) is 2.40. The number of carboxylic acids is 1. The van der Waals surface area contributed by atoms with E-state index < -0.39 is 12.0 Å². The lowest BCUT2D eigenvalue weighted by Crippen LogP contribution is -2.53. The Balaban J connectivity index is 2.07. The van der Waals surface area contributed by atoms with Gasteiger partial charge in [-0.1, -0.05) is 12.1 Å². The first-order valence-corrected chi connectivity index (χ1v) is 6.90. The van der Waals surface area contributed by atoms with Crippen LogP contribution in [0.2, 0.25) is 0 Å². The molecule has 0 aromatic heterocycles. The summed E-state index contributed by atoms with van der Waals surface area (Å²) >= 11 is 0. The van der Waals surface area contributed by atoms with Crippen molar-refractivity contribution in [2.75, 3.05) is 19.8 Å². The Labute approximate surface area is 119 Å². The van der Waals surface area contributed by atoms with Crippen molar-refractivity contribution in [3.63, 3.8) is 0 Å². The van der Waals surface area contributed by atoms with Gasteiger partial charge < -0.3 is 14.6 Å². The SMILES string of the molecule is CCOc1ccc(CN2[C@@H](C)COC[C@H]2C(=O)O)cc1. The highest BCUT2D eigenvalue weighted by atomic mass is 16.5. The van der Waals surface area contributed by atoms with Gasteiger partial charge in [0.15, 0.2) is 0 Å². The van der Waals surface area contributed by atoms with E-state index in [0.717, 1.165) is 11.3 Å². The maximum absolute atomic E-state index is 11.3. The van der Waals surface area contributed by atoms with Gasteiger partial charge in [0.25, 0.3) is 0 Å². The molecular formula is C15H21NO4. The molecule has 1 N–H and O–H groups in total. The average Bonchev–Trinajstić information content (AvgIpc) is 2.43. The molecule has 0 unspecified atom stereocenters. The molecular weight excluding hydrogens is 258 g/mol. The minimum atomic E-state index is -0.831. The zero-order valence-electron chi connectivity index (χ0n) is 11.9. The van der Waals surface area contributed by atoms with Crippen molar-refractivity contribution in [1.29, 1.82) is 0 Å². The molecule has 20 heavy (non-hydrogen) atoms. The second kappa shape index (κ2) is 6.72. The molecule has 1 heterocycles. The Morgan fingerprint density at radius 2 is 2.10 bits per heavy atom. The summed E-state index contributed by atoms with van der Waals surface area (Å²) in [6, 6.07) is 7.30. The molecule has 1 fully saturated rings. The van der Waals surface area contributed by atoms with E-state index in [4.69, 9.17) is 9.47 Å². The third-order valence-corrected chi connectivity index (χ3v) is 3.49. The van der Waals surface area contributed by atoms with Crippen molar-refractivity contribution in [2.24, 2.45) is 0 Å². The van der Waals surface area contributed by atoms with E-state index in [1.807, 2.05) is 43.0 Å². The van der Waals surface area contributed by atoms with Crippen molar-refractivity contribution in [2.45, 2.75) is 32.5 Å². The number of benzene rings is 1. The minimum Gasteiger partial charge on any atom is -0.494 e. The number of morpholine rings is 1. The van der Waals surface area contributed by atoms with Crippen LogP contribution in [0.5, 0.6) is 5.75 Å². The smallest absolute Gasteiger partial charge is 0.323 e. The summed E-state index contributed by atoms with van der Waals surface area (Å²) in [5.41, 5.74) is 1.08. The first-order valence-electron chi connectivity index (χ1n) is 6.90. The number of aliphatic carboxylic acids is 1. The molecule has 0 radical (unpaired) electrons.